The molecule has 0 aromatic rings. The maximum Gasteiger partial charge on any atom is 0.166 e. The van der Waals surface area contributed by atoms with Gasteiger partial charge in [-0.05, 0) is 25.7 Å². The van der Waals surface area contributed by atoms with Gasteiger partial charge >= 0.3 is 0 Å². The Morgan fingerprint density at radius 1 is 1.43 bits per heavy atom. The number of aliphatic imine (C=N–C) groups is 1. The minimum atomic E-state index is 0.196. The molecule has 0 radical (unpaired) electrons. The molecule has 0 spiro atoms. The highest BCUT2D eigenvalue weighted by Gasteiger charge is 2.34. The summed E-state index contributed by atoms with van der Waals surface area (Å²) in [6.07, 6.45) is 4.72. The average Bonchev–Trinajstić information content (AvgIpc) is 2.95. The summed E-state index contributed by atoms with van der Waals surface area (Å²) in [5, 5.41) is 0. The molecular formula is C11H16N2O. The van der Waals surface area contributed by atoms with Crippen molar-refractivity contribution in [3.05, 3.63) is 11.3 Å². The third-order valence-corrected chi connectivity index (χ3v) is 2.91. The van der Waals surface area contributed by atoms with Crippen molar-refractivity contribution in [3.63, 3.8) is 0 Å². The number of allylic oxidation sites excluding steroid dienone is 2. The predicted octanol–water partition coefficient (Wildman–Crippen LogP) is 1.43. The van der Waals surface area contributed by atoms with E-state index < -0.39 is 0 Å². The first kappa shape index (κ1) is 9.44. The smallest absolute Gasteiger partial charge is 0.166 e. The van der Waals surface area contributed by atoms with Crippen molar-refractivity contribution in [1.82, 2.24) is 0 Å². The van der Waals surface area contributed by atoms with Gasteiger partial charge in [-0.25, -0.2) is 0 Å². The van der Waals surface area contributed by atoms with Crippen molar-refractivity contribution in [3.8, 4) is 0 Å². The van der Waals surface area contributed by atoms with Crippen LogP contribution in [0.3, 0.4) is 0 Å². The van der Waals surface area contributed by atoms with E-state index in [1.54, 1.807) is 7.05 Å². The van der Waals surface area contributed by atoms with Crippen molar-refractivity contribution in [1.29, 1.82) is 0 Å². The van der Waals surface area contributed by atoms with Crippen molar-refractivity contribution in [2.45, 2.75) is 32.1 Å². The Hall–Kier alpha value is -1.12. The van der Waals surface area contributed by atoms with E-state index in [1.807, 2.05) is 0 Å². The molecule has 1 fully saturated rings. The number of rotatable bonds is 2. The van der Waals surface area contributed by atoms with Crippen LogP contribution in [0.5, 0.6) is 0 Å². The average molecular weight is 192 g/mol. The summed E-state index contributed by atoms with van der Waals surface area (Å²) in [5.74, 6) is 0.705. The minimum absolute atomic E-state index is 0.196. The monoisotopic (exact) mass is 192 g/mol. The van der Waals surface area contributed by atoms with Gasteiger partial charge in [-0.15, -0.1) is 0 Å². The molecule has 2 aliphatic rings. The number of hydrogen-bond donors (Lipinski definition) is 1. The number of nitrogens with two attached hydrogens (primary N) is 1. The highest BCUT2D eigenvalue weighted by Crippen LogP contribution is 2.35. The first-order chi connectivity index (χ1) is 6.74. The number of carbonyl (C=O) groups is 1. The number of ketones is 1. The lowest BCUT2D eigenvalue weighted by molar-refractivity contribution is -0.115. The fourth-order valence-corrected chi connectivity index (χ4v) is 2.03. The zero-order chi connectivity index (χ0) is 10.1. The van der Waals surface area contributed by atoms with Crippen molar-refractivity contribution in [2.75, 3.05) is 7.05 Å². The molecule has 0 atom stereocenters. The Bertz CT molecular complexity index is 324. The fraction of sp³-hybridized carbons (Fsp3) is 0.636. The molecule has 0 aliphatic heterocycles. The van der Waals surface area contributed by atoms with Crippen LogP contribution < -0.4 is 5.73 Å². The zero-order valence-corrected chi connectivity index (χ0v) is 8.55. The quantitative estimate of drug-likeness (QED) is 0.673. The van der Waals surface area contributed by atoms with Crippen LogP contribution in [0.4, 0.5) is 0 Å². The summed E-state index contributed by atoms with van der Waals surface area (Å²) in [6.45, 7) is 0. The standard InChI is InChI=1S/C11H16N2O/c1-13-11(7-5-6-7)10-8(12)3-2-4-9(10)14/h7H,2-6,12H2,1H3. The van der Waals surface area contributed by atoms with Gasteiger partial charge in [0.1, 0.15) is 0 Å². The first-order valence-corrected chi connectivity index (χ1v) is 5.23. The van der Waals surface area contributed by atoms with Gasteiger partial charge in [0.25, 0.3) is 0 Å². The van der Waals surface area contributed by atoms with E-state index in [-0.39, 0.29) is 5.78 Å². The van der Waals surface area contributed by atoms with Crippen LogP contribution in [0.1, 0.15) is 32.1 Å². The van der Waals surface area contributed by atoms with E-state index in [2.05, 4.69) is 4.99 Å². The molecule has 76 valence electrons. The summed E-state index contributed by atoms with van der Waals surface area (Å²) >= 11 is 0. The fourth-order valence-electron chi connectivity index (χ4n) is 2.03. The zero-order valence-electron chi connectivity index (χ0n) is 8.55. The van der Waals surface area contributed by atoms with E-state index in [4.69, 9.17) is 5.73 Å². The maximum atomic E-state index is 11.7. The highest BCUT2D eigenvalue weighted by molar-refractivity contribution is 6.24. The number of nitrogens with zero attached hydrogens (tertiary/aromatic N) is 1. The van der Waals surface area contributed by atoms with Crippen molar-refractivity contribution >= 4 is 11.5 Å². The highest BCUT2D eigenvalue weighted by atomic mass is 16.1. The Morgan fingerprint density at radius 3 is 2.64 bits per heavy atom. The molecule has 0 unspecified atom stereocenters. The second kappa shape index (κ2) is 3.56. The summed E-state index contributed by atoms with van der Waals surface area (Å²) in [7, 11) is 1.76. The first-order valence-electron chi connectivity index (χ1n) is 5.23. The van der Waals surface area contributed by atoms with Gasteiger partial charge in [-0.3, -0.25) is 9.79 Å². The molecule has 14 heavy (non-hydrogen) atoms. The number of carbonyl (C=O) groups excluding carboxylic acids is 1. The topological polar surface area (TPSA) is 55.4 Å². The van der Waals surface area contributed by atoms with Gasteiger partial charge in [0.2, 0.25) is 0 Å². The molecule has 0 aromatic carbocycles. The van der Waals surface area contributed by atoms with Crippen LogP contribution in [0.25, 0.3) is 0 Å². The van der Waals surface area contributed by atoms with Crippen LogP contribution >= 0.6 is 0 Å². The largest absolute Gasteiger partial charge is 0.401 e. The Morgan fingerprint density at radius 2 is 2.14 bits per heavy atom. The van der Waals surface area contributed by atoms with E-state index in [9.17, 15) is 4.79 Å². The van der Waals surface area contributed by atoms with Crippen LogP contribution in [-0.4, -0.2) is 18.5 Å². The van der Waals surface area contributed by atoms with Gasteiger partial charge < -0.3 is 5.73 Å². The maximum absolute atomic E-state index is 11.7. The van der Waals surface area contributed by atoms with Gasteiger partial charge in [0, 0.05) is 25.1 Å². The summed E-state index contributed by atoms with van der Waals surface area (Å²) in [6, 6.07) is 0. The van der Waals surface area contributed by atoms with E-state index in [1.165, 1.54) is 0 Å². The summed E-state index contributed by atoms with van der Waals surface area (Å²) in [5.41, 5.74) is 8.36. The van der Waals surface area contributed by atoms with Gasteiger partial charge in [0.05, 0.1) is 11.3 Å². The lowest BCUT2D eigenvalue weighted by atomic mass is 9.90. The molecule has 0 saturated heterocycles. The van der Waals surface area contributed by atoms with Crippen LogP contribution in [0.2, 0.25) is 0 Å². The summed E-state index contributed by atoms with van der Waals surface area (Å²) in [4.78, 5) is 16.0. The Kier molecular flexibility index (Phi) is 2.40. The lowest BCUT2D eigenvalue weighted by Gasteiger charge is -2.17. The van der Waals surface area contributed by atoms with Crippen LogP contribution in [0, 0.1) is 5.92 Å². The molecule has 3 nitrogen and oxygen atoms in total. The van der Waals surface area contributed by atoms with E-state index >= 15 is 0 Å². The number of Topliss-reactive ketones (excluding diaryl/α,β-unsaturated/α-hetero) is 1. The van der Waals surface area contributed by atoms with Gasteiger partial charge in [-0.1, -0.05) is 0 Å². The van der Waals surface area contributed by atoms with Gasteiger partial charge in [-0.2, -0.15) is 0 Å². The molecule has 2 aliphatic carbocycles. The number of hydrogen-bond acceptors (Lipinski definition) is 3. The third kappa shape index (κ3) is 1.59. The van der Waals surface area contributed by atoms with E-state index in [0.29, 0.717) is 12.3 Å². The lowest BCUT2D eigenvalue weighted by Crippen LogP contribution is -2.24. The molecule has 0 bridgehead atoms. The minimum Gasteiger partial charge on any atom is -0.401 e. The molecule has 1 saturated carbocycles. The molecule has 3 heteroatoms. The molecule has 0 heterocycles. The molecule has 0 amide bonds. The Balaban J connectivity index is 2.33. The Labute approximate surface area is 84.1 Å². The molecule has 0 aromatic heterocycles. The molecular weight excluding hydrogens is 176 g/mol. The third-order valence-electron chi connectivity index (χ3n) is 2.91. The van der Waals surface area contributed by atoms with Crippen LogP contribution in [-0.2, 0) is 4.79 Å². The molecule has 2 rings (SSSR count). The van der Waals surface area contributed by atoms with E-state index in [0.717, 1.165) is 42.7 Å². The SMILES string of the molecule is CN=C(C1=C(N)CCCC1=O)C1CC1. The summed E-state index contributed by atoms with van der Waals surface area (Å²) < 4.78 is 0. The molecule has 2 N–H and O–H groups in total. The van der Waals surface area contributed by atoms with Crippen molar-refractivity contribution < 1.29 is 4.79 Å². The van der Waals surface area contributed by atoms with Crippen LogP contribution in [0.15, 0.2) is 16.3 Å². The van der Waals surface area contributed by atoms with Gasteiger partial charge in [0.15, 0.2) is 5.78 Å². The second-order valence-corrected chi connectivity index (χ2v) is 4.06. The predicted molar refractivity (Wildman–Crippen MR) is 56.2 cm³/mol. The second-order valence-electron chi connectivity index (χ2n) is 4.06. The normalized spacial score (nSPS) is 24.4. The van der Waals surface area contributed by atoms with Crippen molar-refractivity contribution in [2.24, 2.45) is 16.6 Å².